The molecule has 4 rings (SSSR count). The number of carbonyl (C=O) groups is 1. The van der Waals surface area contributed by atoms with Crippen molar-refractivity contribution in [2.75, 3.05) is 19.8 Å². The van der Waals surface area contributed by atoms with Crippen molar-refractivity contribution in [1.82, 2.24) is 19.2 Å². The van der Waals surface area contributed by atoms with Crippen molar-refractivity contribution in [3.63, 3.8) is 0 Å². The van der Waals surface area contributed by atoms with Crippen molar-refractivity contribution in [1.29, 1.82) is 0 Å². The molecule has 2 aromatic rings. The standard InChI is InChI=1S/C19H26N4O2/c1-3-23-10-16-15(13-25-12-14-6-7-14)9-22(11-17(16)20-23)19(24)18-5-4-8-21(18)2/h4-5,8,10,14-15H,3,6-7,9,11-13H2,1-2H3/t15-/m0/s1. The van der Waals surface area contributed by atoms with Crippen LogP contribution in [0.4, 0.5) is 0 Å². The molecule has 0 unspecified atom stereocenters. The number of fused-ring (bicyclic) bond motifs is 1. The number of aryl methyl sites for hydroxylation is 2. The van der Waals surface area contributed by atoms with Crippen LogP contribution in [-0.4, -0.2) is 44.9 Å². The SMILES string of the molecule is CCn1cc2c(n1)CN(C(=O)c1cccn1C)C[C@H]2COCC1CC1. The molecule has 1 atom stereocenters. The third kappa shape index (κ3) is 3.35. The summed E-state index contributed by atoms with van der Waals surface area (Å²) >= 11 is 0. The third-order valence-corrected chi connectivity index (χ3v) is 5.24. The van der Waals surface area contributed by atoms with Crippen LogP contribution in [0.2, 0.25) is 0 Å². The smallest absolute Gasteiger partial charge is 0.270 e. The maximum absolute atomic E-state index is 12.9. The molecule has 25 heavy (non-hydrogen) atoms. The number of hydrogen-bond donors (Lipinski definition) is 0. The number of aromatic nitrogens is 3. The van der Waals surface area contributed by atoms with Crippen molar-refractivity contribution in [3.8, 4) is 0 Å². The zero-order valence-corrected chi connectivity index (χ0v) is 15.0. The second kappa shape index (κ2) is 6.67. The van der Waals surface area contributed by atoms with Crippen molar-refractivity contribution in [2.24, 2.45) is 13.0 Å². The summed E-state index contributed by atoms with van der Waals surface area (Å²) in [5.41, 5.74) is 2.97. The van der Waals surface area contributed by atoms with Gasteiger partial charge in [-0.25, -0.2) is 0 Å². The molecule has 6 heteroatoms. The minimum absolute atomic E-state index is 0.0661. The van der Waals surface area contributed by atoms with Gasteiger partial charge >= 0.3 is 0 Å². The minimum atomic E-state index is 0.0661. The third-order valence-electron chi connectivity index (χ3n) is 5.24. The Labute approximate surface area is 148 Å². The molecule has 0 radical (unpaired) electrons. The summed E-state index contributed by atoms with van der Waals surface area (Å²) in [5.74, 6) is 1.02. The predicted octanol–water partition coefficient (Wildman–Crippen LogP) is 2.41. The van der Waals surface area contributed by atoms with Gasteiger partial charge < -0.3 is 14.2 Å². The predicted molar refractivity (Wildman–Crippen MR) is 94.3 cm³/mol. The van der Waals surface area contributed by atoms with Crippen LogP contribution in [0.15, 0.2) is 24.5 Å². The molecular weight excluding hydrogens is 316 g/mol. The Morgan fingerprint density at radius 3 is 2.88 bits per heavy atom. The van der Waals surface area contributed by atoms with E-state index in [1.54, 1.807) is 0 Å². The van der Waals surface area contributed by atoms with Crippen molar-refractivity contribution < 1.29 is 9.53 Å². The lowest BCUT2D eigenvalue weighted by Gasteiger charge is -2.32. The van der Waals surface area contributed by atoms with Crippen LogP contribution in [0, 0.1) is 5.92 Å². The molecular formula is C19H26N4O2. The number of ether oxygens (including phenoxy) is 1. The van der Waals surface area contributed by atoms with Crippen LogP contribution >= 0.6 is 0 Å². The molecule has 1 aliphatic carbocycles. The monoisotopic (exact) mass is 342 g/mol. The molecule has 0 aromatic carbocycles. The fourth-order valence-corrected chi connectivity index (χ4v) is 3.52. The van der Waals surface area contributed by atoms with Gasteiger partial charge in [-0.15, -0.1) is 0 Å². The molecule has 0 N–H and O–H groups in total. The molecule has 134 valence electrons. The fraction of sp³-hybridized carbons (Fsp3) is 0.579. The summed E-state index contributed by atoms with van der Waals surface area (Å²) in [6, 6.07) is 3.78. The average molecular weight is 342 g/mol. The highest BCUT2D eigenvalue weighted by Gasteiger charge is 2.32. The number of nitrogens with zero attached hydrogens (tertiary/aromatic N) is 4. The average Bonchev–Trinajstić information content (AvgIpc) is 3.17. The van der Waals surface area contributed by atoms with Crippen LogP contribution in [0.5, 0.6) is 0 Å². The van der Waals surface area contributed by atoms with Crippen molar-refractivity contribution in [2.45, 2.75) is 38.8 Å². The Hall–Kier alpha value is -2.08. The molecule has 2 aromatic heterocycles. The highest BCUT2D eigenvalue weighted by Crippen LogP contribution is 2.32. The Morgan fingerprint density at radius 1 is 1.36 bits per heavy atom. The lowest BCUT2D eigenvalue weighted by molar-refractivity contribution is 0.0618. The van der Waals surface area contributed by atoms with E-state index in [1.807, 2.05) is 39.5 Å². The van der Waals surface area contributed by atoms with Crippen molar-refractivity contribution in [3.05, 3.63) is 41.5 Å². The first-order valence-corrected chi connectivity index (χ1v) is 9.20. The molecule has 0 spiro atoms. The van der Waals surface area contributed by atoms with Crippen LogP contribution < -0.4 is 0 Å². The second-order valence-electron chi connectivity index (χ2n) is 7.25. The highest BCUT2D eigenvalue weighted by molar-refractivity contribution is 5.92. The van der Waals surface area contributed by atoms with Crippen LogP contribution in [0.1, 0.15) is 47.4 Å². The first-order chi connectivity index (χ1) is 12.2. The van der Waals surface area contributed by atoms with E-state index in [0.29, 0.717) is 19.7 Å². The minimum Gasteiger partial charge on any atom is -0.380 e. The first kappa shape index (κ1) is 16.4. The lowest BCUT2D eigenvalue weighted by atomic mass is 9.95. The van der Waals surface area contributed by atoms with E-state index in [2.05, 4.69) is 18.2 Å². The largest absolute Gasteiger partial charge is 0.380 e. The Morgan fingerprint density at radius 2 is 2.20 bits per heavy atom. The van der Waals surface area contributed by atoms with E-state index in [4.69, 9.17) is 4.74 Å². The molecule has 1 fully saturated rings. The van der Waals surface area contributed by atoms with Gasteiger partial charge in [-0.05, 0) is 37.8 Å². The number of carbonyl (C=O) groups excluding carboxylic acids is 1. The summed E-state index contributed by atoms with van der Waals surface area (Å²) in [7, 11) is 1.91. The summed E-state index contributed by atoms with van der Waals surface area (Å²) in [6.45, 7) is 5.70. The second-order valence-corrected chi connectivity index (χ2v) is 7.25. The van der Waals surface area contributed by atoms with Gasteiger partial charge in [0.15, 0.2) is 0 Å². The fourth-order valence-electron chi connectivity index (χ4n) is 3.52. The summed E-state index contributed by atoms with van der Waals surface area (Å²) in [4.78, 5) is 14.8. The van der Waals surface area contributed by atoms with Crippen LogP contribution in [0.3, 0.4) is 0 Å². The summed E-state index contributed by atoms with van der Waals surface area (Å²) in [6.07, 6.45) is 6.62. The van der Waals surface area contributed by atoms with Crippen LogP contribution in [0.25, 0.3) is 0 Å². The normalized spacial score (nSPS) is 19.9. The lowest BCUT2D eigenvalue weighted by Crippen LogP contribution is -2.40. The van der Waals surface area contributed by atoms with Gasteiger partial charge in [0.25, 0.3) is 5.91 Å². The zero-order chi connectivity index (χ0) is 17.4. The van der Waals surface area contributed by atoms with Crippen LogP contribution in [-0.2, 0) is 24.9 Å². The molecule has 0 bridgehead atoms. The number of rotatable bonds is 6. The maximum atomic E-state index is 12.9. The van der Waals surface area contributed by atoms with E-state index in [0.717, 1.165) is 30.5 Å². The van der Waals surface area contributed by atoms with Gasteiger partial charge in [0, 0.05) is 50.6 Å². The molecule has 1 saturated carbocycles. The van der Waals surface area contributed by atoms with Gasteiger partial charge in [0.1, 0.15) is 5.69 Å². The molecule has 3 heterocycles. The molecule has 1 aliphatic heterocycles. The first-order valence-electron chi connectivity index (χ1n) is 9.20. The van der Waals surface area contributed by atoms with Gasteiger partial charge in [0.05, 0.1) is 18.8 Å². The van der Waals surface area contributed by atoms with E-state index in [-0.39, 0.29) is 11.8 Å². The van der Waals surface area contributed by atoms with E-state index in [1.165, 1.54) is 18.4 Å². The summed E-state index contributed by atoms with van der Waals surface area (Å²) in [5, 5.41) is 4.67. The Balaban J connectivity index is 1.53. The molecule has 6 nitrogen and oxygen atoms in total. The molecule has 2 aliphatic rings. The van der Waals surface area contributed by atoms with Gasteiger partial charge in [-0.1, -0.05) is 0 Å². The Bertz CT molecular complexity index is 759. The molecule has 0 saturated heterocycles. The van der Waals surface area contributed by atoms with Gasteiger partial charge in [-0.2, -0.15) is 5.10 Å². The van der Waals surface area contributed by atoms with E-state index in [9.17, 15) is 4.79 Å². The highest BCUT2D eigenvalue weighted by atomic mass is 16.5. The van der Waals surface area contributed by atoms with Crippen molar-refractivity contribution >= 4 is 5.91 Å². The van der Waals surface area contributed by atoms with Gasteiger partial charge in [-0.3, -0.25) is 9.48 Å². The quantitative estimate of drug-likeness (QED) is 0.810. The van der Waals surface area contributed by atoms with E-state index >= 15 is 0 Å². The maximum Gasteiger partial charge on any atom is 0.270 e. The molecule has 1 amide bonds. The van der Waals surface area contributed by atoms with E-state index < -0.39 is 0 Å². The Kier molecular flexibility index (Phi) is 4.37. The number of hydrogen-bond acceptors (Lipinski definition) is 3. The topological polar surface area (TPSA) is 52.3 Å². The summed E-state index contributed by atoms with van der Waals surface area (Å²) < 4.78 is 9.80. The van der Waals surface area contributed by atoms with Gasteiger partial charge in [0.2, 0.25) is 0 Å². The zero-order valence-electron chi connectivity index (χ0n) is 15.0. The number of amides is 1.